The predicted molar refractivity (Wildman–Crippen MR) is 80.0 cm³/mol. The smallest absolute Gasteiger partial charge is 0.119 e. The molecule has 0 saturated heterocycles. The minimum atomic E-state index is 0.219. The van der Waals surface area contributed by atoms with Crippen molar-refractivity contribution in [3.05, 3.63) is 59.4 Å². The van der Waals surface area contributed by atoms with Gasteiger partial charge in [0.05, 0.1) is 7.11 Å². The zero-order chi connectivity index (χ0) is 13.9. The van der Waals surface area contributed by atoms with Gasteiger partial charge in [0.25, 0.3) is 0 Å². The second kappa shape index (κ2) is 5.63. The molecule has 0 saturated carbocycles. The van der Waals surface area contributed by atoms with Crippen LogP contribution >= 0.6 is 0 Å². The molecule has 20 heavy (non-hydrogen) atoms. The zero-order valence-electron chi connectivity index (χ0n) is 11.8. The SMILES string of the molecule is COc1ccc2c(c1)CCC(N)C2Cc1cccnc1. The Balaban J connectivity index is 1.91. The number of methoxy groups -OCH3 is 1. The van der Waals surface area contributed by atoms with Gasteiger partial charge in [0.15, 0.2) is 0 Å². The van der Waals surface area contributed by atoms with Gasteiger partial charge in [-0.25, -0.2) is 0 Å². The maximum absolute atomic E-state index is 6.36. The number of pyridine rings is 1. The lowest BCUT2D eigenvalue weighted by molar-refractivity contribution is 0.411. The highest BCUT2D eigenvalue weighted by molar-refractivity contribution is 5.41. The third-order valence-corrected chi connectivity index (χ3v) is 4.19. The summed E-state index contributed by atoms with van der Waals surface area (Å²) in [6.07, 6.45) is 6.77. The predicted octanol–water partition coefficient (Wildman–Crippen LogP) is 2.69. The van der Waals surface area contributed by atoms with E-state index in [1.165, 1.54) is 16.7 Å². The first-order chi connectivity index (χ1) is 9.78. The molecule has 0 amide bonds. The van der Waals surface area contributed by atoms with Gasteiger partial charge in [-0.05, 0) is 54.2 Å². The molecule has 1 aliphatic rings. The number of benzene rings is 1. The lowest BCUT2D eigenvalue weighted by Crippen LogP contribution is -2.34. The summed E-state index contributed by atoms with van der Waals surface area (Å²) in [5.74, 6) is 1.30. The Morgan fingerprint density at radius 3 is 3.00 bits per heavy atom. The Hall–Kier alpha value is -1.87. The standard InChI is InChI=1S/C17H20N2O/c1-20-14-5-6-15-13(10-14)4-7-17(18)16(15)9-12-3-2-8-19-11-12/h2-3,5-6,8,10-11,16-17H,4,7,9,18H2,1H3. The lowest BCUT2D eigenvalue weighted by Gasteiger charge is -2.31. The third kappa shape index (κ3) is 2.54. The Kier molecular flexibility index (Phi) is 3.70. The summed E-state index contributed by atoms with van der Waals surface area (Å²) in [5.41, 5.74) is 10.4. The van der Waals surface area contributed by atoms with Crippen molar-refractivity contribution in [2.24, 2.45) is 5.73 Å². The highest BCUT2D eigenvalue weighted by Gasteiger charge is 2.27. The first kappa shape index (κ1) is 13.1. The summed E-state index contributed by atoms with van der Waals surface area (Å²) in [6.45, 7) is 0. The van der Waals surface area contributed by atoms with E-state index in [1.54, 1.807) is 7.11 Å². The van der Waals surface area contributed by atoms with Crippen LogP contribution in [0.4, 0.5) is 0 Å². The Bertz CT molecular complexity index is 583. The van der Waals surface area contributed by atoms with E-state index in [0.717, 1.165) is 25.0 Å². The van der Waals surface area contributed by atoms with E-state index in [9.17, 15) is 0 Å². The zero-order valence-corrected chi connectivity index (χ0v) is 11.8. The number of ether oxygens (including phenoxy) is 1. The number of rotatable bonds is 3. The van der Waals surface area contributed by atoms with Gasteiger partial charge in [-0.2, -0.15) is 0 Å². The van der Waals surface area contributed by atoms with Crippen molar-refractivity contribution in [3.63, 3.8) is 0 Å². The fourth-order valence-corrected chi connectivity index (χ4v) is 3.08. The number of hydrogen-bond donors (Lipinski definition) is 1. The number of hydrogen-bond acceptors (Lipinski definition) is 3. The van der Waals surface area contributed by atoms with Gasteiger partial charge < -0.3 is 10.5 Å². The van der Waals surface area contributed by atoms with Crippen LogP contribution in [0.5, 0.6) is 5.75 Å². The quantitative estimate of drug-likeness (QED) is 0.931. The highest BCUT2D eigenvalue weighted by atomic mass is 16.5. The van der Waals surface area contributed by atoms with E-state index in [0.29, 0.717) is 5.92 Å². The van der Waals surface area contributed by atoms with Gasteiger partial charge in [-0.1, -0.05) is 12.1 Å². The molecule has 1 aromatic carbocycles. The average molecular weight is 268 g/mol. The third-order valence-electron chi connectivity index (χ3n) is 4.19. The van der Waals surface area contributed by atoms with E-state index in [1.807, 2.05) is 24.5 Å². The number of fused-ring (bicyclic) bond motifs is 1. The minimum absolute atomic E-state index is 0.219. The second-order valence-corrected chi connectivity index (χ2v) is 5.44. The van der Waals surface area contributed by atoms with E-state index in [4.69, 9.17) is 10.5 Å². The van der Waals surface area contributed by atoms with Crippen LogP contribution in [0, 0.1) is 0 Å². The van der Waals surface area contributed by atoms with Crippen molar-refractivity contribution in [2.45, 2.75) is 31.2 Å². The molecule has 0 radical (unpaired) electrons. The molecule has 3 rings (SSSR count). The van der Waals surface area contributed by atoms with Crippen LogP contribution in [0.3, 0.4) is 0 Å². The molecular weight excluding hydrogens is 248 g/mol. The Morgan fingerprint density at radius 2 is 2.25 bits per heavy atom. The van der Waals surface area contributed by atoms with E-state index in [2.05, 4.69) is 23.2 Å². The molecule has 104 valence electrons. The molecule has 2 unspecified atom stereocenters. The monoisotopic (exact) mass is 268 g/mol. The molecule has 1 heterocycles. The van der Waals surface area contributed by atoms with Crippen molar-refractivity contribution in [3.8, 4) is 5.75 Å². The van der Waals surface area contributed by atoms with Crippen LogP contribution in [0.15, 0.2) is 42.7 Å². The van der Waals surface area contributed by atoms with Gasteiger partial charge in [-0.15, -0.1) is 0 Å². The van der Waals surface area contributed by atoms with Crippen LogP contribution in [0.2, 0.25) is 0 Å². The molecule has 0 fully saturated rings. The molecule has 2 atom stereocenters. The first-order valence-electron chi connectivity index (χ1n) is 7.09. The number of nitrogens with two attached hydrogens (primary N) is 1. The fraction of sp³-hybridized carbons (Fsp3) is 0.353. The van der Waals surface area contributed by atoms with Gasteiger partial charge in [0.1, 0.15) is 5.75 Å². The Morgan fingerprint density at radius 1 is 1.35 bits per heavy atom. The average Bonchev–Trinajstić information content (AvgIpc) is 2.50. The van der Waals surface area contributed by atoms with Crippen molar-refractivity contribution in [2.75, 3.05) is 7.11 Å². The molecule has 1 aromatic heterocycles. The Labute approximate surface area is 119 Å². The summed E-state index contributed by atoms with van der Waals surface area (Å²) in [4.78, 5) is 4.20. The number of aryl methyl sites for hydroxylation is 1. The summed E-state index contributed by atoms with van der Waals surface area (Å²) in [7, 11) is 1.71. The van der Waals surface area contributed by atoms with Crippen LogP contribution in [0.25, 0.3) is 0 Å². The lowest BCUT2D eigenvalue weighted by atomic mass is 9.77. The second-order valence-electron chi connectivity index (χ2n) is 5.44. The topological polar surface area (TPSA) is 48.1 Å². The molecule has 1 aliphatic carbocycles. The highest BCUT2D eigenvalue weighted by Crippen LogP contribution is 2.35. The fourth-order valence-electron chi connectivity index (χ4n) is 3.08. The van der Waals surface area contributed by atoms with Crippen molar-refractivity contribution in [1.29, 1.82) is 0 Å². The van der Waals surface area contributed by atoms with E-state index < -0.39 is 0 Å². The maximum atomic E-state index is 6.36. The normalized spacial score (nSPS) is 21.3. The number of nitrogens with zero attached hydrogens (tertiary/aromatic N) is 1. The molecule has 2 aromatic rings. The van der Waals surface area contributed by atoms with Gasteiger partial charge in [0, 0.05) is 24.4 Å². The largest absolute Gasteiger partial charge is 0.497 e. The first-order valence-corrected chi connectivity index (χ1v) is 7.09. The van der Waals surface area contributed by atoms with Crippen molar-refractivity contribution >= 4 is 0 Å². The molecule has 3 nitrogen and oxygen atoms in total. The van der Waals surface area contributed by atoms with Crippen LogP contribution in [0.1, 0.15) is 29.0 Å². The molecule has 0 aliphatic heterocycles. The molecule has 0 bridgehead atoms. The summed E-state index contributed by atoms with van der Waals surface area (Å²) in [6, 6.07) is 10.7. The van der Waals surface area contributed by atoms with Crippen molar-refractivity contribution < 1.29 is 4.74 Å². The van der Waals surface area contributed by atoms with Gasteiger partial charge >= 0.3 is 0 Å². The summed E-state index contributed by atoms with van der Waals surface area (Å²) >= 11 is 0. The van der Waals surface area contributed by atoms with Crippen LogP contribution in [-0.4, -0.2) is 18.1 Å². The van der Waals surface area contributed by atoms with E-state index in [-0.39, 0.29) is 6.04 Å². The van der Waals surface area contributed by atoms with Gasteiger partial charge in [0.2, 0.25) is 0 Å². The van der Waals surface area contributed by atoms with Crippen molar-refractivity contribution in [1.82, 2.24) is 4.98 Å². The summed E-state index contributed by atoms with van der Waals surface area (Å²) in [5, 5.41) is 0. The maximum Gasteiger partial charge on any atom is 0.119 e. The molecule has 2 N–H and O–H groups in total. The van der Waals surface area contributed by atoms with Gasteiger partial charge in [-0.3, -0.25) is 4.98 Å². The number of aromatic nitrogens is 1. The van der Waals surface area contributed by atoms with Crippen LogP contribution < -0.4 is 10.5 Å². The van der Waals surface area contributed by atoms with Crippen LogP contribution in [-0.2, 0) is 12.8 Å². The minimum Gasteiger partial charge on any atom is -0.497 e. The molecule has 0 spiro atoms. The molecular formula is C17H20N2O. The molecule has 3 heteroatoms. The van der Waals surface area contributed by atoms with E-state index >= 15 is 0 Å². The summed E-state index contributed by atoms with van der Waals surface area (Å²) < 4.78 is 5.32.